The average molecular weight is 327 g/mol. The van der Waals surface area contributed by atoms with Gasteiger partial charge in [-0.2, -0.15) is 13.2 Å². The molecule has 2 rings (SSSR count). The second-order valence-electron chi connectivity index (χ2n) is 4.30. The monoisotopic (exact) mass is 327 g/mol. The third kappa shape index (κ3) is 3.43. The molecular weight excluding hydrogens is 320 g/mol. The van der Waals surface area contributed by atoms with Gasteiger partial charge in [0.25, 0.3) is 0 Å². The maximum absolute atomic E-state index is 12.9. The molecule has 10 heteroatoms. The van der Waals surface area contributed by atoms with Gasteiger partial charge in [-0.3, -0.25) is 4.90 Å². The van der Waals surface area contributed by atoms with E-state index in [-0.39, 0.29) is 10.5 Å². The van der Waals surface area contributed by atoms with Gasteiger partial charge in [0.2, 0.25) is 0 Å². The van der Waals surface area contributed by atoms with E-state index >= 15 is 0 Å². The molecular formula is C12H7F6NO3. The van der Waals surface area contributed by atoms with Gasteiger partial charge >= 0.3 is 18.6 Å². The molecule has 0 amide bonds. The first kappa shape index (κ1) is 16.0. The third-order valence-electron chi connectivity index (χ3n) is 2.76. The van der Waals surface area contributed by atoms with Crippen LogP contribution in [0.25, 0.3) is 6.08 Å². The summed E-state index contributed by atoms with van der Waals surface area (Å²) in [5.41, 5.74) is -1.39. The van der Waals surface area contributed by atoms with Crippen LogP contribution in [0.3, 0.4) is 0 Å². The molecule has 120 valence electrons. The van der Waals surface area contributed by atoms with E-state index < -0.39 is 42.2 Å². The molecule has 0 aliphatic carbocycles. The second-order valence-corrected chi connectivity index (χ2v) is 4.30. The summed E-state index contributed by atoms with van der Waals surface area (Å²) in [7, 11) is 0. The number of carbonyl (C=O) groups is 1. The number of hydrogen-bond acceptors (Lipinski definition) is 3. The summed E-state index contributed by atoms with van der Waals surface area (Å²) in [5.74, 6) is -2.33. The molecule has 0 atom stereocenters. The smallest absolute Gasteiger partial charge is 0.478 e. The summed E-state index contributed by atoms with van der Waals surface area (Å²) in [6.45, 7) is -0.939. The maximum Gasteiger partial charge on any atom is 0.573 e. The van der Waals surface area contributed by atoms with Crippen LogP contribution in [0.5, 0.6) is 5.75 Å². The molecule has 0 radical (unpaired) electrons. The molecule has 1 aliphatic heterocycles. The molecule has 0 bridgehead atoms. The van der Waals surface area contributed by atoms with Gasteiger partial charge in [-0.05, 0) is 24.3 Å². The highest BCUT2D eigenvalue weighted by Gasteiger charge is 2.41. The topological polar surface area (TPSA) is 49.8 Å². The van der Waals surface area contributed by atoms with Crippen LogP contribution < -0.4 is 9.64 Å². The Bertz CT molecular complexity index is 635. The Hall–Kier alpha value is -2.39. The zero-order valence-corrected chi connectivity index (χ0v) is 10.5. The van der Waals surface area contributed by atoms with Crippen LogP contribution in [-0.2, 0) is 4.79 Å². The number of rotatable bonds is 2. The molecule has 22 heavy (non-hydrogen) atoms. The van der Waals surface area contributed by atoms with E-state index in [0.29, 0.717) is 6.07 Å². The van der Waals surface area contributed by atoms with Crippen LogP contribution in [0, 0.1) is 0 Å². The van der Waals surface area contributed by atoms with Crippen LogP contribution in [-0.4, -0.2) is 30.3 Å². The highest BCUT2D eigenvalue weighted by molar-refractivity contribution is 5.96. The molecule has 0 spiro atoms. The van der Waals surface area contributed by atoms with Crippen molar-refractivity contribution in [1.29, 1.82) is 0 Å². The standard InChI is InChI=1S/C12H7F6NO3/c13-11(14,15)19-5-7(10(20)21)3-6-4-8(1-2-9(6)19)22-12(16,17)18/h1-4H,5H2,(H,20,21). The van der Waals surface area contributed by atoms with Gasteiger partial charge in [-0.15, -0.1) is 13.2 Å². The Morgan fingerprint density at radius 2 is 1.82 bits per heavy atom. The van der Waals surface area contributed by atoms with Gasteiger partial charge < -0.3 is 9.84 Å². The minimum atomic E-state index is -5.01. The quantitative estimate of drug-likeness (QED) is 0.668. The zero-order valence-electron chi connectivity index (χ0n) is 10.5. The lowest BCUT2D eigenvalue weighted by molar-refractivity contribution is -0.274. The Labute approximate surface area is 119 Å². The van der Waals surface area contributed by atoms with Gasteiger partial charge in [0, 0.05) is 5.56 Å². The van der Waals surface area contributed by atoms with Crippen molar-refractivity contribution in [3.05, 3.63) is 29.3 Å². The molecule has 1 aromatic carbocycles. The SMILES string of the molecule is O=C(O)C1=Cc2cc(OC(F)(F)F)ccc2N(C(F)(F)F)C1. The van der Waals surface area contributed by atoms with E-state index in [1.54, 1.807) is 0 Å². The van der Waals surface area contributed by atoms with Crippen molar-refractivity contribution in [2.45, 2.75) is 12.7 Å². The highest BCUT2D eigenvalue weighted by Crippen LogP contribution is 2.38. The fourth-order valence-corrected chi connectivity index (χ4v) is 1.94. The number of carboxylic acids is 1. The number of carboxylic acid groups (broad SMARTS) is 1. The fraction of sp³-hybridized carbons (Fsp3) is 0.250. The lowest BCUT2D eigenvalue weighted by Gasteiger charge is -2.31. The number of fused-ring (bicyclic) bond motifs is 1. The van der Waals surface area contributed by atoms with Crippen molar-refractivity contribution in [3.8, 4) is 5.75 Å². The molecule has 0 unspecified atom stereocenters. The lowest BCUT2D eigenvalue weighted by Crippen LogP contribution is -2.42. The van der Waals surface area contributed by atoms with Crippen molar-refractivity contribution in [3.63, 3.8) is 0 Å². The number of hydrogen-bond donors (Lipinski definition) is 1. The summed E-state index contributed by atoms with van der Waals surface area (Å²) < 4.78 is 78.7. The number of halogens is 6. The molecule has 0 saturated carbocycles. The van der Waals surface area contributed by atoms with Crippen molar-refractivity contribution in [2.24, 2.45) is 0 Å². The van der Waals surface area contributed by atoms with Crippen LogP contribution >= 0.6 is 0 Å². The number of ether oxygens (including phenoxy) is 1. The van der Waals surface area contributed by atoms with Crippen LogP contribution in [0.2, 0.25) is 0 Å². The normalized spacial score (nSPS) is 15.2. The largest absolute Gasteiger partial charge is 0.573 e. The van der Waals surface area contributed by atoms with Crippen LogP contribution in [0.15, 0.2) is 23.8 Å². The first-order valence-electron chi connectivity index (χ1n) is 5.65. The van der Waals surface area contributed by atoms with Gasteiger partial charge in [0.05, 0.1) is 17.8 Å². The number of anilines is 1. The molecule has 1 aromatic rings. The zero-order chi connectivity index (χ0) is 16.7. The minimum Gasteiger partial charge on any atom is -0.478 e. The van der Waals surface area contributed by atoms with Crippen LogP contribution in [0.1, 0.15) is 5.56 Å². The molecule has 4 nitrogen and oxygen atoms in total. The van der Waals surface area contributed by atoms with E-state index in [2.05, 4.69) is 4.74 Å². The molecule has 0 saturated heterocycles. The van der Waals surface area contributed by atoms with Crippen molar-refractivity contribution >= 4 is 17.7 Å². The lowest BCUT2D eigenvalue weighted by atomic mass is 10.0. The average Bonchev–Trinajstić information content (AvgIpc) is 2.33. The summed E-state index contributed by atoms with van der Waals surface area (Å²) in [4.78, 5) is 10.7. The van der Waals surface area contributed by atoms with Gasteiger partial charge in [0.15, 0.2) is 0 Å². The third-order valence-corrected chi connectivity index (χ3v) is 2.76. The summed E-state index contributed by atoms with van der Waals surface area (Å²) >= 11 is 0. The number of aliphatic carboxylic acids is 1. The van der Waals surface area contributed by atoms with Crippen LogP contribution in [0.4, 0.5) is 32.0 Å². The van der Waals surface area contributed by atoms with E-state index in [9.17, 15) is 31.1 Å². The van der Waals surface area contributed by atoms with Crippen molar-refractivity contribution in [2.75, 3.05) is 11.4 Å². The Balaban J connectivity index is 2.49. The van der Waals surface area contributed by atoms with E-state index in [0.717, 1.165) is 18.2 Å². The number of alkyl halides is 6. The summed E-state index contributed by atoms with van der Waals surface area (Å²) in [6.07, 6.45) is -9.01. The van der Waals surface area contributed by atoms with Crippen molar-refractivity contribution in [1.82, 2.24) is 0 Å². The van der Waals surface area contributed by atoms with Crippen molar-refractivity contribution < 1.29 is 41.0 Å². The first-order chi connectivity index (χ1) is 9.97. The number of benzene rings is 1. The maximum atomic E-state index is 12.9. The minimum absolute atomic E-state index is 0.164. The highest BCUT2D eigenvalue weighted by atomic mass is 19.4. The molecule has 1 aliphatic rings. The molecule has 0 fully saturated rings. The first-order valence-corrected chi connectivity index (χ1v) is 5.65. The van der Waals surface area contributed by atoms with E-state index in [4.69, 9.17) is 5.11 Å². The van der Waals surface area contributed by atoms with E-state index in [1.165, 1.54) is 0 Å². The summed E-state index contributed by atoms with van der Waals surface area (Å²) in [6, 6.07) is 2.22. The summed E-state index contributed by atoms with van der Waals surface area (Å²) in [5, 5.41) is 8.83. The second kappa shape index (κ2) is 5.11. The fourth-order valence-electron chi connectivity index (χ4n) is 1.94. The predicted octanol–water partition coefficient (Wildman–Crippen LogP) is 3.39. The van der Waals surface area contributed by atoms with Gasteiger partial charge in [0.1, 0.15) is 5.75 Å². The predicted molar refractivity (Wildman–Crippen MR) is 62.1 cm³/mol. The molecule has 1 heterocycles. The van der Waals surface area contributed by atoms with E-state index in [1.807, 2.05) is 0 Å². The Kier molecular flexibility index (Phi) is 3.71. The Morgan fingerprint density at radius 1 is 1.18 bits per heavy atom. The van der Waals surface area contributed by atoms with Gasteiger partial charge in [-0.1, -0.05) is 0 Å². The Morgan fingerprint density at radius 3 is 2.32 bits per heavy atom. The molecule has 0 aromatic heterocycles. The molecule has 1 N–H and O–H groups in total. The number of nitrogens with zero attached hydrogens (tertiary/aromatic N) is 1. The van der Waals surface area contributed by atoms with Gasteiger partial charge in [-0.25, -0.2) is 4.79 Å².